The van der Waals surface area contributed by atoms with Gasteiger partial charge in [-0.2, -0.15) is 0 Å². The second-order valence-electron chi connectivity index (χ2n) is 13.0. The van der Waals surface area contributed by atoms with Crippen molar-refractivity contribution in [3.8, 4) is 0 Å². The molecule has 1 aromatic carbocycles. The zero-order chi connectivity index (χ0) is 34.9. The zero-order valence-electron chi connectivity index (χ0n) is 28.2. The summed E-state index contributed by atoms with van der Waals surface area (Å²) in [5.74, 6) is -2.49. The number of aliphatic imine (C=N–C) groups is 1. The van der Waals surface area contributed by atoms with Gasteiger partial charge in [-0.05, 0) is 62.3 Å². The van der Waals surface area contributed by atoms with Gasteiger partial charge >= 0.3 is 0 Å². The number of guanidine groups is 1. The number of hydrogen-bond donors (Lipinski definition) is 8. The Labute approximate surface area is 278 Å². The lowest BCUT2D eigenvalue weighted by molar-refractivity contribution is -0.135. The van der Waals surface area contributed by atoms with Crippen molar-refractivity contribution in [1.82, 2.24) is 26.6 Å². The Kier molecular flexibility index (Phi) is 16.7. The number of hydrogen-bond acceptors (Lipinski definition) is 7. The minimum absolute atomic E-state index is 0.0129. The Hall–Kier alpha value is -4.20. The Balaban J connectivity index is 2.41. The monoisotopic (exact) mass is 657 g/mol. The maximum absolute atomic E-state index is 13.7. The molecule has 5 atom stereocenters. The van der Waals surface area contributed by atoms with E-state index in [-0.39, 0.29) is 49.5 Å². The van der Waals surface area contributed by atoms with Gasteiger partial charge < -0.3 is 43.8 Å². The third-order valence-corrected chi connectivity index (χ3v) is 7.75. The molecule has 5 amide bonds. The van der Waals surface area contributed by atoms with Crippen molar-refractivity contribution in [2.45, 2.75) is 109 Å². The van der Waals surface area contributed by atoms with Crippen LogP contribution in [0, 0.1) is 11.8 Å². The van der Waals surface area contributed by atoms with Gasteiger partial charge in [0.15, 0.2) is 5.96 Å². The van der Waals surface area contributed by atoms with Gasteiger partial charge in [0.25, 0.3) is 0 Å². The van der Waals surface area contributed by atoms with E-state index in [9.17, 15) is 24.0 Å². The van der Waals surface area contributed by atoms with Crippen LogP contribution in [0.4, 0.5) is 0 Å². The van der Waals surface area contributed by atoms with Crippen LogP contribution in [0.3, 0.4) is 0 Å². The molecule has 1 aliphatic heterocycles. The lowest BCUT2D eigenvalue weighted by Gasteiger charge is -2.28. The summed E-state index contributed by atoms with van der Waals surface area (Å²) in [6.45, 7) is 8.25. The van der Waals surface area contributed by atoms with E-state index >= 15 is 0 Å². The molecular formula is C33H55N9O5. The molecule has 262 valence electrons. The second-order valence-corrected chi connectivity index (χ2v) is 13.0. The van der Waals surface area contributed by atoms with E-state index in [1.165, 1.54) is 0 Å². The normalized spacial score (nSPS) is 24.1. The smallest absolute Gasteiger partial charge is 0.243 e. The van der Waals surface area contributed by atoms with Gasteiger partial charge in [0.2, 0.25) is 29.5 Å². The highest BCUT2D eigenvalue weighted by Gasteiger charge is 2.32. The van der Waals surface area contributed by atoms with Gasteiger partial charge in [0.1, 0.15) is 24.2 Å². The van der Waals surface area contributed by atoms with E-state index in [1.54, 1.807) is 0 Å². The molecular weight excluding hydrogens is 602 g/mol. The number of nitrogens with one attached hydrogen (secondary N) is 5. The quantitative estimate of drug-likeness (QED) is 0.0962. The summed E-state index contributed by atoms with van der Waals surface area (Å²) in [5.41, 5.74) is 17.9. The number of carbonyl (C=O) groups excluding carboxylic acids is 5. The van der Waals surface area contributed by atoms with Gasteiger partial charge in [-0.3, -0.25) is 29.0 Å². The highest BCUT2D eigenvalue weighted by Crippen LogP contribution is 2.12. The van der Waals surface area contributed by atoms with Crippen molar-refractivity contribution in [1.29, 1.82) is 0 Å². The SMILES string of the molecule is CC(C)C[C@H]1NC(=O)[C@@H](Cc2ccccc2)NC(=O)[C@@H](N)CCCCNC(=O)[C@@H](CCCN=C(N)N)NC(=O)[C@@H](CC(C)C)NC1=O. The molecule has 0 spiro atoms. The lowest BCUT2D eigenvalue weighted by Crippen LogP contribution is -2.59. The van der Waals surface area contributed by atoms with Crippen LogP contribution in [-0.4, -0.2) is 78.8 Å². The van der Waals surface area contributed by atoms with Crippen LogP contribution >= 0.6 is 0 Å². The minimum atomic E-state index is -0.991. The summed E-state index contributed by atoms with van der Waals surface area (Å²) in [4.78, 5) is 71.4. The fourth-order valence-electron chi connectivity index (χ4n) is 5.29. The molecule has 0 aromatic heterocycles. The van der Waals surface area contributed by atoms with Crippen molar-refractivity contribution in [2.75, 3.05) is 13.1 Å². The molecule has 1 fully saturated rings. The molecule has 0 unspecified atom stereocenters. The van der Waals surface area contributed by atoms with E-state index < -0.39 is 53.8 Å². The first-order valence-corrected chi connectivity index (χ1v) is 16.6. The van der Waals surface area contributed by atoms with Crippen LogP contribution in [0.15, 0.2) is 35.3 Å². The van der Waals surface area contributed by atoms with Crippen molar-refractivity contribution >= 4 is 35.5 Å². The summed E-state index contributed by atoms with van der Waals surface area (Å²) in [7, 11) is 0. The molecule has 0 radical (unpaired) electrons. The lowest BCUT2D eigenvalue weighted by atomic mass is 9.98. The van der Waals surface area contributed by atoms with Crippen molar-refractivity contribution in [2.24, 2.45) is 34.0 Å². The maximum atomic E-state index is 13.7. The van der Waals surface area contributed by atoms with Crippen LogP contribution in [0.25, 0.3) is 0 Å². The van der Waals surface area contributed by atoms with Crippen LogP contribution in [0.1, 0.15) is 78.2 Å². The number of rotatable bonds is 10. The molecule has 0 aliphatic carbocycles. The standard InChI is InChI=1S/C33H55N9O5/c1-20(2)17-25-30(45)39-24(14-10-16-38-33(35)36)29(44)37-15-9-8-13-23(34)28(43)40-27(19-22-11-6-5-7-12-22)32(47)42-26(18-21(3)4)31(46)41-25/h5-7,11-12,20-21,23-27H,8-10,13-19,34H2,1-4H3,(H,37,44)(H,39,45)(H,40,43)(H,41,46)(H,42,47)(H4,35,36,38)/t23-,24+,25+,26+,27+/m0/s1. The molecule has 14 heteroatoms. The summed E-state index contributed by atoms with van der Waals surface area (Å²) in [6.07, 6.45) is 2.87. The van der Waals surface area contributed by atoms with E-state index in [0.717, 1.165) is 5.56 Å². The van der Waals surface area contributed by atoms with E-state index in [2.05, 4.69) is 31.6 Å². The van der Waals surface area contributed by atoms with Crippen LogP contribution in [0.2, 0.25) is 0 Å². The van der Waals surface area contributed by atoms with Gasteiger partial charge in [-0.1, -0.05) is 58.0 Å². The first kappa shape index (κ1) is 39.0. The Morgan fingerprint density at radius 3 is 1.83 bits per heavy atom. The average Bonchev–Trinajstić information content (AvgIpc) is 3.00. The Bertz CT molecular complexity index is 1200. The summed E-state index contributed by atoms with van der Waals surface area (Å²) >= 11 is 0. The summed E-state index contributed by atoms with van der Waals surface area (Å²) in [5, 5.41) is 14.1. The van der Waals surface area contributed by atoms with E-state index in [1.807, 2.05) is 58.0 Å². The summed E-state index contributed by atoms with van der Waals surface area (Å²) < 4.78 is 0. The van der Waals surface area contributed by atoms with E-state index in [4.69, 9.17) is 17.2 Å². The second kappa shape index (κ2) is 20.1. The van der Waals surface area contributed by atoms with Crippen molar-refractivity contribution < 1.29 is 24.0 Å². The van der Waals surface area contributed by atoms with Crippen LogP contribution in [0.5, 0.6) is 0 Å². The number of benzene rings is 1. The van der Waals surface area contributed by atoms with Crippen molar-refractivity contribution in [3.63, 3.8) is 0 Å². The van der Waals surface area contributed by atoms with Crippen molar-refractivity contribution in [3.05, 3.63) is 35.9 Å². The van der Waals surface area contributed by atoms with Crippen LogP contribution in [-0.2, 0) is 30.4 Å². The number of nitrogens with two attached hydrogens (primary N) is 3. The number of nitrogens with zero attached hydrogens (tertiary/aromatic N) is 1. The fraction of sp³-hybridized carbons (Fsp3) is 0.636. The van der Waals surface area contributed by atoms with Gasteiger partial charge in [0, 0.05) is 19.5 Å². The molecule has 2 rings (SSSR count). The predicted molar refractivity (Wildman–Crippen MR) is 182 cm³/mol. The highest BCUT2D eigenvalue weighted by molar-refractivity contribution is 5.96. The molecule has 0 bridgehead atoms. The average molecular weight is 658 g/mol. The molecule has 1 aromatic rings. The molecule has 1 heterocycles. The zero-order valence-corrected chi connectivity index (χ0v) is 28.2. The predicted octanol–water partition coefficient (Wildman–Crippen LogP) is -0.0585. The first-order chi connectivity index (χ1) is 22.3. The van der Waals surface area contributed by atoms with Crippen LogP contribution < -0.4 is 43.8 Å². The van der Waals surface area contributed by atoms with E-state index in [0.29, 0.717) is 38.6 Å². The topological polar surface area (TPSA) is 236 Å². The molecule has 1 aliphatic rings. The Morgan fingerprint density at radius 2 is 1.28 bits per heavy atom. The van der Waals surface area contributed by atoms with Gasteiger partial charge in [-0.15, -0.1) is 0 Å². The maximum Gasteiger partial charge on any atom is 0.243 e. The molecule has 47 heavy (non-hydrogen) atoms. The Morgan fingerprint density at radius 1 is 0.745 bits per heavy atom. The summed E-state index contributed by atoms with van der Waals surface area (Å²) in [6, 6.07) is 4.50. The molecule has 14 nitrogen and oxygen atoms in total. The number of amides is 5. The third-order valence-electron chi connectivity index (χ3n) is 7.75. The molecule has 0 saturated carbocycles. The number of carbonyl (C=O) groups is 5. The first-order valence-electron chi connectivity index (χ1n) is 16.6. The third kappa shape index (κ3) is 14.8. The van der Waals surface area contributed by atoms with Gasteiger partial charge in [0.05, 0.1) is 6.04 Å². The van der Waals surface area contributed by atoms with Gasteiger partial charge in [-0.25, -0.2) is 0 Å². The minimum Gasteiger partial charge on any atom is -0.370 e. The highest BCUT2D eigenvalue weighted by atomic mass is 16.2. The largest absolute Gasteiger partial charge is 0.370 e. The fourth-order valence-corrected chi connectivity index (χ4v) is 5.29. The molecule has 11 N–H and O–H groups in total. The molecule has 1 saturated heterocycles.